The van der Waals surface area contributed by atoms with Crippen LogP contribution in [0.5, 0.6) is 0 Å². The van der Waals surface area contributed by atoms with Crippen molar-refractivity contribution < 1.29 is 13.3 Å². The molecule has 0 amide bonds. The van der Waals surface area contributed by atoms with E-state index in [4.69, 9.17) is 0 Å². The van der Waals surface area contributed by atoms with Crippen LogP contribution in [0.15, 0.2) is 0 Å². The van der Waals surface area contributed by atoms with Crippen LogP contribution < -0.4 is 10.0 Å². The summed E-state index contributed by atoms with van der Waals surface area (Å²) < 4.78 is 20.1. The maximum Gasteiger partial charge on any atom is 0.296 e. The van der Waals surface area contributed by atoms with Crippen LogP contribution in [-0.2, 0) is 15.0 Å². The van der Waals surface area contributed by atoms with Gasteiger partial charge in [-0.25, -0.2) is 5.14 Å². The number of hydrogen-bond donors (Lipinski definition) is 2. The molecule has 0 atom stereocenters. The quantitative estimate of drug-likeness (QED) is 0.407. The van der Waals surface area contributed by atoms with Gasteiger partial charge in [0.05, 0.1) is 6.61 Å². The molecule has 0 aromatic heterocycles. The Morgan fingerprint density at radius 3 is 2.56 bits per heavy atom. The van der Waals surface area contributed by atoms with Crippen molar-refractivity contribution in [3.63, 3.8) is 0 Å². The highest BCUT2D eigenvalue weighted by molar-refractivity contribution is 7.87. The standard InChI is InChI=1S/C3H10N2O3S/c1-2-3-8-5-9(4,6)7/h5H,2-3H2,1H3,(H2,4,6,7). The first-order valence-electron chi connectivity index (χ1n) is 2.47. The fourth-order valence-electron chi connectivity index (χ4n) is 0.226. The maximum absolute atomic E-state index is 10.0. The summed E-state index contributed by atoms with van der Waals surface area (Å²) in [6.45, 7) is 2.18. The van der Waals surface area contributed by atoms with Crippen LogP contribution in [0, 0.1) is 0 Å². The van der Waals surface area contributed by atoms with Crippen LogP contribution >= 0.6 is 0 Å². The Balaban J connectivity index is 3.30. The second-order valence-electron chi connectivity index (χ2n) is 1.48. The van der Waals surface area contributed by atoms with E-state index in [0.717, 1.165) is 6.42 Å². The van der Waals surface area contributed by atoms with E-state index in [1.165, 1.54) is 0 Å². The Labute approximate surface area is 54.3 Å². The van der Waals surface area contributed by atoms with Crippen molar-refractivity contribution in [1.29, 1.82) is 0 Å². The third kappa shape index (κ3) is 7.83. The monoisotopic (exact) mass is 154 g/mol. The predicted octanol–water partition coefficient (Wildman–Crippen LogP) is -0.879. The molecule has 5 nitrogen and oxygen atoms in total. The van der Waals surface area contributed by atoms with Gasteiger partial charge in [-0.3, -0.25) is 4.84 Å². The first kappa shape index (κ1) is 8.83. The maximum atomic E-state index is 10.0. The van der Waals surface area contributed by atoms with Crippen molar-refractivity contribution in [1.82, 2.24) is 4.89 Å². The zero-order valence-electron chi connectivity index (χ0n) is 5.12. The number of nitrogens with two attached hydrogens (primary N) is 1. The first-order chi connectivity index (χ1) is 4.06. The third-order valence-corrected chi connectivity index (χ3v) is 0.831. The van der Waals surface area contributed by atoms with Crippen LogP contribution in [0.25, 0.3) is 0 Å². The van der Waals surface area contributed by atoms with Gasteiger partial charge in [0.25, 0.3) is 10.2 Å². The molecule has 0 aliphatic carbocycles. The molecule has 0 aromatic carbocycles. The Morgan fingerprint density at radius 1 is 1.67 bits per heavy atom. The molecule has 0 rings (SSSR count). The molecule has 0 aliphatic heterocycles. The SMILES string of the molecule is CCCONS(N)(=O)=O. The fourth-order valence-corrected chi connectivity index (χ4v) is 0.473. The second-order valence-corrected chi connectivity index (χ2v) is 2.73. The molecular formula is C3H10N2O3S. The third-order valence-electron chi connectivity index (χ3n) is 0.481. The van der Waals surface area contributed by atoms with Crippen molar-refractivity contribution in [3.05, 3.63) is 0 Å². The lowest BCUT2D eigenvalue weighted by molar-refractivity contribution is 0.0938. The number of nitrogens with one attached hydrogen (secondary N) is 1. The molecule has 9 heavy (non-hydrogen) atoms. The number of rotatable bonds is 4. The van der Waals surface area contributed by atoms with E-state index < -0.39 is 10.2 Å². The van der Waals surface area contributed by atoms with Gasteiger partial charge < -0.3 is 0 Å². The highest BCUT2D eigenvalue weighted by Crippen LogP contribution is 1.75. The lowest BCUT2D eigenvalue weighted by atomic mass is 10.5. The molecule has 0 aromatic rings. The predicted molar refractivity (Wildman–Crippen MR) is 32.5 cm³/mol. The van der Waals surface area contributed by atoms with Crippen molar-refractivity contribution >= 4 is 10.2 Å². The van der Waals surface area contributed by atoms with Gasteiger partial charge >= 0.3 is 0 Å². The molecule has 56 valence electrons. The molecule has 0 fully saturated rings. The first-order valence-corrected chi connectivity index (χ1v) is 4.02. The molecule has 0 saturated heterocycles. The highest BCUT2D eigenvalue weighted by Gasteiger charge is 1.97. The Hall–Kier alpha value is -0.170. The molecule has 0 spiro atoms. The average molecular weight is 154 g/mol. The van der Waals surface area contributed by atoms with Gasteiger partial charge in [0, 0.05) is 0 Å². The minimum Gasteiger partial charge on any atom is -0.286 e. The van der Waals surface area contributed by atoms with Crippen molar-refractivity contribution in [2.45, 2.75) is 13.3 Å². The van der Waals surface area contributed by atoms with Crippen LogP contribution in [0.4, 0.5) is 0 Å². The van der Waals surface area contributed by atoms with Crippen LogP contribution in [0.3, 0.4) is 0 Å². The Bertz CT molecular complexity index is 152. The summed E-state index contributed by atoms with van der Waals surface area (Å²) in [5.74, 6) is 0. The van der Waals surface area contributed by atoms with Gasteiger partial charge in [0.2, 0.25) is 0 Å². The summed E-state index contributed by atoms with van der Waals surface area (Å²) in [6.07, 6.45) is 0.739. The minimum atomic E-state index is -3.67. The van der Waals surface area contributed by atoms with E-state index >= 15 is 0 Å². The van der Waals surface area contributed by atoms with E-state index in [1.807, 2.05) is 6.92 Å². The van der Waals surface area contributed by atoms with Gasteiger partial charge in [-0.2, -0.15) is 8.42 Å². The lowest BCUT2D eigenvalue weighted by Crippen LogP contribution is -2.31. The summed E-state index contributed by atoms with van der Waals surface area (Å²) in [6, 6.07) is 0. The molecule has 3 N–H and O–H groups in total. The normalized spacial score (nSPS) is 11.8. The zero-order valence-corrected chi connectivity index (χ0v) is 5.94. The molecule has 0 heterocycles. The van der Waals surface area contributed by atoms with Crippen molar-refractivity contribution in [2.24, 2.45) is 5.14 Å². The van der Waals surface area contributed by atoms with Crippen LogP contribution in [-0.4, -0.2) is 15.0 Å². The Morgan fingerprint density at radius 2 is 2.22 bits per heavy atom. The van der Waals surface area contributed by atoms with Crippen molar-refractivity contribution in [2.75, 3.05) is 6.61 Å². The van der Waals surface area contributed by atoms with E-state index in [9.17, 15) is 8.42 Å². The van der Waals surface area contributed by atoms with E-state index in [0.29, 0.717) is 6.61 Å². The minimum absolute atomic E-state index is 0.330. The fraction of sp³-hybridized carbons (Fsp3) is 1.00. The van der Waals surface area contributed by atoms with Gasteiger partial charge in [-0.15, -0.1) is 0 Å². The van der Waals surface area contributed by atoms with Gasteiger partial charge in [-0.05, 0) is 6.42 Å². The molecule has 0 saturated carbocycles. The largest absolute Gasteiger partial charge is 0.296 e. The van der Waals surface area contributed by atoms with E-state index in [2.05, 4.69) is 9.98 Å². The van der Waals surface area contributed by atoms with E-state index in [-0.39, 0.29) is 0 Å². The van der Waals surface area contributed by atoms with Crippen LogP contribution in [0.1, 0.15) is 13.3 Å². The average Bonchev–Trinajstić information content (AvgIpc) is 1.63. The van der Waals surface area contributed by atoms with Crippen molar-refractivity contribution in [3.8, 4) is 0 Å². The molecule has 0 aliphatic rings. The zero-order chi connectivity index (χ0) is 7.33. The number of hydrogen-bond acceptors (Lipinski definition) is 3. The molecule has 0 bridgehead atoms. The summed E-state index contributed by atoms with van der Waals surface area (Å²) in [5.41, 5.74) is 0. The topological polar surface area (TPSA) is 81.4 Å². The second kappa shape index (κ2) is 3.78. The summed E-state index contributed by atoms with van der Waals surface area (Å²) in [7, 11) is -3.67. The van der Waals surface area contributed by atoms with Gasteiger partial charge in [-0.1, -0.05) is 11.8 Å². The highest BCUT2D eigenvalue weighted by atomic mass is 32.2. The van der Waals surface area contributed by atoms with Crippen LogP contribution in [0.2, 0.25) is 0 Å². The molecule has 0 radical (unpaired) electrons. The van der Waals surface area contributed by atoms with Gasteiger partial charge in [0.1, 0.15) is 0 Å². The van der Waals surface area contributed by atoms with Gasteiger partial charge in [0.15, 0.2) is 0 Å². The molecule has 0 unspecified atom stereocenters. The molecular weight excluding hydrogens is 144 g/mol. The summed E-state index contributed by atoms with van der Waals surface area (Å²) in [4.78, 5) is 6.06. The summed E-state index contributed by atoms with van der Waals surface area (Å²) in [5, 5.41) is 4.51. The lowest BCUT2D eigenvalue weighted by Gasteiger charge is -1.98. The summed E-state index contributed by atoms with van der Waals surface area (Å²) >= 11 is 0. The Kier molecular flexibility index (Phi) is 3.71. The van der Waals surface area contributed by atoms with E-state index in [1.54, 1.807) is 4.89 Å². The smallest absolute Gasteiger partial charge is 0.286 e. The molecule has 6 heteroatoms.